The van der Waals surface area contributed by atoms with Gasteiger partial charge in [0.05, 0.1) is 18.8 Å². The largest absolute Gasteiger partial charge is 0.480 e. The van der Waals surface area contributed by atoms with Crippen LogP contribution in [0.25, 0.3) is 0 Å². The predicted molar refractivity (Wildman–Crippen MR) is 204 cm³/mol. The number of carboxylic acid groups (broad SMARTS) is 1. The molecule has 0 unspecified atom stereocenters. The number of nitrogens with one attached hydrogen (secondary N) is 4. The molecule has 0 saturated carbocycles. The minimum atomic E-state index is -1.44. The molecule has 298 valence electrons. The molecule has 5 atom stereocenters. The van der Waals surface area contributed by atoms with Crippen LogP contribution in [0.5, 0.6) is 0 Å². The molecule has 0 aromatic heterocycles. The monoisotopic (exact) mass is 753 g/mol. The molecule has 1 aliphatic rings. The molecular weight excluding hydrogens is 694 g/mol. The van der Waals surface area contributed by atoms with Crippen molar-refractivity contribution >= 4 is 29.6 Å². The van der Waals surface area contributed by atoms with Gasteiger partial charge in [0.2, 0.25) is 23.6 Å². The van der Waals surface area contributed by atoms with E-state index in [1.54, 1.807) is 0 Å². The van der Waals surface area contributed by atoms with Crippen LogP contribution in [0.1, 0.15) is 63.5 Å². The number of aliphatic carboxylic acids is 1. The van der Waals surface area contributed by atoms with Crippen LogP contribution in [-0.4, -0.2) is 118 Å². The van der Waals surface area contributed by atoms with Crippen LogP contribution >= 0.6 is 0 Å². The third-order valence-corrected chi connectivity index (χ3v) is 9.59. The molecule has 4 amide bonds. The minimum Gasteiger partial charge on any atom is -0.480 e. The summed E-state index contributed by atoms with van der Waals surface area (Å²) in [6, 6.07) is 14.4. The van der Waals surface area contributed by atoms with Crippen molar-refractivity contribution in [2.45, 2.75) is 101 Å². The van der Waals surface area contributed by atoms with Gasteiger partial charge in [-0.05, 0) is 68.5 Å². The van der Waals surface area contributed by atoms with Gasteiger partial charge in [-0.1, -0.05) is 74.5 Å². The molecular formula is C39H59N7O8. The molecule has 2 aromatic rings. The molecule has 0 spiro atoms. The van der Waals surface area contributed by atoms with Gasteiger partial charge in [0.15, 0.2) is 0 Å². The Morgan fingerprint density at radius 1 is 0.796 bits per heavy atom. The van der Waals surface area contributed by atoms with Crippen LogP contribution in [0.3, 0.4) is 0 Å². The van der Waals surface area contributed by atoms with Crippen LogP contribution in [0.2, 0.25) is 0 Å². The molecule has 1 aliphatic heterocycles. The molecule has 11 N–H and O–H groups in total. The highest BCUT2D eigenvalue weighted by molar-refractivity contribution is 5.95. The Morgan fingerprint density at radius 3 is 1.89 bits per heavy atom. The lowest BCUT2D eigenvalue weighted by Crippen LogP contribution is -2.60. The molecule has 2 aromatic carbocycles. The summed E-state index contributed by atoms with van der Waals surface area (Å²) in [4.78, 5) is 68.3. The number of piperidine rings is 1. The molecule has 54 heavy (non-hydrogen) atoms. The summed E-state index contributed by atoms with van der Waals surface area (Å²) in [5, 5.41) is 39.7. The van der Waals surface area contributed by atoms with E-state index in [9.17, 15) is 34.2 Å². The first kappa shape index (κ1) is 44.0. The second-order valence-electron chi connectivity index (χ2n) is 14.6. The van der Waals surface area contributed by atoms with Gasteiger partial charge in [0, 0.05) is 26.1 Å². The Morgan fingerprint density at radius 2 is 1.33 bits per heavy atom. The number of likely N-dealkylation sites (tertiary alicyclic amines) is 1. The highest BCUT2D eigenvalue weighted by Gasteiger charge is 2.40. The van der Waals surface area contributed by atoms with Crippen molar-refractivity contribution in [2.75, 3.05) is 32.8 Å². The van der Waals surface area contributed by atoms with E-state index in [0.29, 0.717) is 19.4 Å². The van der Waals surface area contributed by atoms with Crippen LogP contribution in [-0.2, 0) is 36.8 Å². The third-order valence-electron chi connectivity index (χ3n) is 9.59. The van der Waals surface area contributed by atoms with Crippen LogP contribution < -0.4 is 32.7 Å². The lowest BCUT2D eigenvalue weighted by Gasteiger charge is -2.38. The van der Waals surface area contributed by atoms with E-state index < -0.39 is 59.5 Å². The van der Waals surface area contributed by atoms with E-state index in [1.807, 2.05) is 74.5 Å². The second-order valence-corrected chi connectivity index (χ2v) is 14.6. The zero-order chi connectivity index (χ0) is 39.7. The van der Waals surface area contributed by atoms with Gasteiger partial charge >= 0.3 is 5.97 Å². The number of nitrogens with zero attached hydrogens (tertiary/aromatic N) is 1. The Labute approximate surface area is 317 Å². The normalized spacial score (nSPS) is 16.8. The Balaban J connectivity index is 1.76. The summed E-state index contributed by atoms with van der Waals surface area (Å²) in [5.74, 6) is -3.21. The number of amides is 4. The number of nitrogens with two attached hydrogens (primary N) is 2. The molecule has 1 fully saturated rings. The number of carboxylic acids is 1. The Bertz CT molecular complexity index is 1490. The smallest absolute Gasteiger partial charge is 0.323 e. The van der Waals surface area contributed by atoms with Crippen molar-refractivity contribution in [1.82, 2.24) is 26.2 Å². The van der Waals surface area contributed by atoms with E-state index in [0.717, 1.165) is 11.1 Å². The molecule has 0 bridgehead atoms. The first-order chi connectivity index (χ1) is 25.7. The number of hydrogen-bond donors (Lipinski definition) is 9. The number of unbranched alkanes of at least 4 members (excludes halogenated alkanes) is 1. The van der Waals surface area contributed by atoms with Crippen molar-refractivity contribution in [2.24, 2.45) is 17.4 Å². The number of aliphatic hydroxyl groups is 2. The summed E-state index contributed by atoms with van der Waals surface area (Å²) in [7, 11) is 0. The molecule has 1 heterocycles. The number of benzene rings is 2. The average Bonchev–Trinajstić information content (AvgIpc) is 3.15. The highest BCUT2D eigenvalue weighted by Crippen LogP contribution is 2.21. The van der Waals surface area contributed by atoms with Crippen LogP contribution in [0.4, 0.5) is 0 Å². The standard InChI is InChI=1S/C39H59N7O8/c1-26(2)21-32(45-36(51)33(23-28-13-7-4-8-14-28)44-34(49)30(40)22-27-11-5-3-6-12-27)35(50)43-31(15-9-10-18-42-24-29(48)25-47)37(52)46-19-16-39(41,17-20-46)38(53)54/h3-8,11-14,26,29-33,42,47-48H,9-10,15-25,40-41H2,1-2H3,(H,43,50)(H,44,49)(H,45,51)(H,53,54)/t29-,30-,31-,32-,33-/m1/s1. The lowest BCUT2D eigenvalue weighted by molar-refractivity contribution is -0.148. The first-order valence-electron chi connectivity index (χ1n) is 18.8. The quantitative estimate of drug-likeness (QED) is 0.0714. The number of hydrogen-bond acceptors (Lipinski definition) is 10. The van der Waals surface area contributed by atoms with E-state index in [4.69, 9.17) is 16.6 Å². The molecule has 1 saturated heterocycles. The van der Waals surface area contributed by atoms with Gasteiger partial charge in [-0.3, -0.25) is 24.0 Å². The lowest BCUT2D eigenvalue weighted by atomic mass is 9.88. The first-order valence-corrected chi connectivity index (χ1v) is 18.8. The topological polar surface area (TPSA) is 249 Å². The van der Waals surface area contributed by atoms with E-state index in [2.05, 4.69) is 21.3 Å². The number of rotatable bonds is 22. The fraction of sp³-hybridized carbons (Fsp3) is 0.564. The molecule has 15 nitrogen and oxygen atoms in total. The number of aliphatic hydroxyl groups excluding tert-OH is 2. The van der Waals surface area contributed by atoms with E-state index >= 15 is 0 Å². The number of carbonyl (C=O) groups is 5. The zero-order valence-electron chi connectivity index (χ0n) is 31.4. The van der Waals surface area contributed by atoms with Gasteiger partial charge in [-0.2, -0.15) is 0 Å². The van der Waals surface area contributed by atoms with Crippen molar-refractivity contribution in [3.05, 3.63) is 71.8 Å². The Kier molecular flexibility index (Phi) is 18.0. The van der Waals surface area contributed by atoms with Crippen molar-refractivity contribution in [1.29, 1.82) is 0 Å². The van der Waals surface area contributed by atoms with Gasteiger partial charge < -0.3 is 53.0 Å². The summed E-state index contributed by atoms with van der Waals surface area (Å²) in [6.45, 7) is 4.34. The van der Waals surface area contributed by atoms with Crippen molar-refractivity contribution in [3.63, 3.8) is 0 Å². The molecule has 0 aliphatic carbocycles. The van der Waals surface area contributed by atoms with Crippen LogP contribution in [0.15, 0.2) is 60.7 Å². The summed E-state index contributed by atoms with van der Waals surface area (Å²) in [6.07, 6.45) is 1.24. The molecule has 3 rings (SSSR count). The SMILES string of the molecule is CC(C)C[C@@H](NC(=O)[C@@H](Cc1ccccc1)NC(=O)[C@H](N)Cc1ccccc1)C(=O)N[C@H](CCCCNC[C@@H](O)CO)C(=O)N1CCC(N)(C(=O)O)CC1. The second kappa shape index (κ2) is 22.1. The molecule has 15 heteroatoms. The summed E-state index contributed by atoms with van der Waals surface area (Å²) >= 11 is 0. The van der Waals surface area contributed by atoms with Gasteiger partial charge in [0.1, 0.15) is 23.7 Å². The Hall–Kier alpha value is -4.41. The highest BCUT2D eigenvalue weighted by atomic mass is 16.4. The molecule has 0 radical (unpaired) electrons. The fourth-order valence-corrected chi connectivity index (χ4v) is 6.30. The maximum atomic E-state index is 14.0. The fourth-order valence-electron chi connectivity index (χ4n) is 6.30. The van der Waals surface area contributed by atoms with Crippen LogP contribution in [0, 0.1) is 5.92 Å². The van der Waals surface area contributed by atoms with Gasteiger partial charge in [0.25, 0.3) is 0 Å². The van der Waals surface area contributed by atoms with E-state index in [1.165, 1.54) is 4.90 Å². The zero-order valence-corrected chi connectivity index (χ0v) is 31.4. The average molecular weight is 754 g/mol. The third kappa shape index (κ3) is 14.4. The number of carbonyl (C=O) groups excluding carboxylic acids is 4. The summed E-state index contributed by atoms with van der Waals surface area (Å²) < 4.78 is 0. The maximum absolute atomic E-state index is 14.0. The maximum Gasteiger partial charge on any atom is 0.323 e. The van der Waals surface area contributed by atoms with Crippen molar-refractivity contribution in [3.8, 4) is 0 Å². The van der Waals surface area contributed by atoms with E-state index in [-0.39, 0.29) is 76.6 Å². The predicted octanol–water partition coefficient (Wildman–Crippen LogP) is -0.183. The minimum absolute atomic E-state index is 0.0344. The van der Waals surface area contributed by atoms with Gasteiger partial charge in [-0.15, -0.1) is 0 Å². The summed E-state index contributed by atoms with van der Waals surface area (Å²) in [5.41, 5.74) is 12.5. The van der Waals surface area contributed by atoms with Gasteiger partial charge in [-0.25, -0.2) is 0 Å². The van der Waals surface area contributed by atoms with Crippen molar-refractivity contribution < 1.29 is 39.3 Å².